The van der Waals surface area contributed by atoms with E-state index in [2.05, 4.69) is 20.7 Å². The molecule has 1 aliphatic rings. The maximum atomic E-state index is 12.4. The highest BCUT2D eigenvalue weighted by atomic mass is 16.2. The van der Waals surface area contributed by atoms with E-state index in [-0.39, 0.29) is 24.0 Å². The van der Waals surface area contributed by atoms with E-state index < -0.39 is 6.04 Å². The van der Waals surface area contributed by atoms with E-state index >= 15 is 0 Å². The summed E-state index contributed by atoms with van der Waals surface area (Å²) in [6, 6.07) is 13.6. The van der Waals surface area contributed by atoms with Crippen molar-refractivity contribution in [1.82, 2.24) is 14.8 Å². The average molecular weight is 389 g/mol. The standard InChI is InChI=1S/C21H19N5O3/c1-12-3-5-15(6-4-12)19-23-21-24-20(29)17(26(21)25-19)11-18(28)22-16-9-7-14(8-10-16)13(2)27/h3-10,17H,11H2,1-2H3,(H,22,28)(H,23,24,25,29)/t17-/m1/s1. The Bertz CT molecular complexity index is 1100. The lowest BCUT2D eigenvalue weighted by atomic mass is 10.1. The third kappa shape index (κ3) is 3.77. The SMILES string of the molecule is CC(=O)c1ccc(NC(=O)C[C@@H]2C(=O)Nc3nc(-c4ccc(C)cc4)nn32)cc1. The van der Waals surface area contributed by atoms with Crippen molar-refractivity contribution < 1.29 is 14.4 Å². The molecule has 146 valence electrons. The van der Waals surface area contributed by atoms with Gasteiger partial charge in [-0.1, -0.05) is 29.8 Å². The summed E-state index contributed by atoms with van der Waals surface area (Å²) >= 11 is 0. The Balaban J connectivity index is 1.48. The minimum Gasteiger partial charge on any atom is -0.326 e. The van der Waals surface area contributed by atoms with E-state index in [1.165, 1.54) is 11.6 Å². The summed E-state index contributed by atoms with van der Waals surface area (Å²) in [6.45, 7) is 3.47. The molecule has 2 amide bonds. The molecule has 0 saturated carbocycles. The predicted octanol–water partition coefficient (Wildman–Crippen LogP) is 2.98. The summed E-state index contributed by atoms with van der Waals surface area (Å²) in [5, 5.41) is 9.83. The highest BCUT2D eigenvalue weighted by Crippen LogP contribution is 2.28. The van der Waals surface area contributed by atoms with Gasteiger partial charge in [-0.25, -0.2) is 4.68 Å². The van der Waals surface area contributed by atoms with Crippen molar-refractivity contribution in [1.29, 1.82) is 0 Å². The molecule has 0 fully saturated rings. The number of aryl methyl sites for hydroxylation is 1. The molecule has 2 N–H and O–H groups in total. The van der Waals surface area contributed by atoms with Crippen molar-refractivity contribution in [3.8, 4) is 11.4 Å². The third-order valence-corrected chi connectivity index (χ3v) is 4.73. The highest BCUT2D eigenvalue weighted by molar-refractivity contribution is 6.01. The van der Waals surface area contributed by atoms with Crippen LogP contribution in [-0.4, -0.2) is 32.4 Å². The maximum absolute atomic E-state index is 12.4. The Kier molecular flexibility index (Phi) is 4.67. The first-order chi connectivity index (χ1) is 13.9. The molecule has 2 aromatic carbocycles. The molecule has 0 spiro atoms. The molecule has 0 radical (unpaired) electrons. The van der Waals surface area contributed by atoms with E-state index in [1.54, 1.807) is 24.3 Å². The predicted molar refractivity (Wildman–Crippen MR) is 108 cm³/mol. The zero-order valence-corrected chi connectivity index (χ0v) is 16.0. The normalized spacial score (nSPS) is 15.0. The fourth-order valence-corrected chi connectivity index (χ4v) is 3.11. The third-order valence-electron chi connectivity index (χ3n) is 4.73. The minimum absolute atomic E-state index is 0.0476. The number of nitrogens with zero attached hydrogens (tertiary/aromatic N) is 3. The summed E-state index contributed by atoms with van der Waals surface area (Å²) < 4.78 is 1.45. The molecule has 29 heavy (non-hydrogen) atoms. The van der Waals surface area contributed by atoms with Gasteiger partial charge in [0.15, 0.2) is 11.6 Å². The second kappa shape index (κ2) is 7.31. The zero-order valence-electron chi connectivity index (χ0n) is 16.0. The van der Waals surface area contributed by atoms with Crippen LogP contribution in [0, 0.1) is 6.92 Å². The lowest BCUT2D eigenvalue weighted by Crippen LogP contribution is -2.23. The lowest BCUT2D eigenvalue weighted by molar-refractivity contribution is -0.123. The first-order valence-corrected chi connectivity index (χ1v) is 9.16. The Labute approximate surface area is 167 Å². The van der Waals surface area contributed by atoms with Crippen molar-refractivity contribution in [3.63, 3.8) is 0 Å². The van der Waals surface area contributed by atoms with Crippen LogP contribution in [-0.2, 0) is 9.59 Å². The second-order valence-corrected chi connectivity index (χ2v) is 6.96. The fourth-order valence-electron chi connectivity index (χ4n) is 3.11. The molecule has 0 saturated heterocycles. The van der Waals surface area contributed by atoms with Crippen LogP contribution in [0.15, 0.2) is 48.5 Å². The highest BCUT2D eigenvalue weighted by Gasteiger charge is 2.35. The Morgan fingerprint density at radius 3 is 2.45 bits per heavy atom. The number of carbonyl (C=O) groups excluding carboxylic acids is 3. The Morgan fingerprint density at radius 2 is 1.79 bits per heavy atom. The number of ketones is 1. The molecule has 8 heteroatoms. The average Bonchev–Trinajstić information content (AvgIpc) is 3.21. The molecular weight excluding hydrogens is 370 g/mol. The molecule has 4 rings (SSSR count). The van der Waals surface area contributed by atoms with Crippen molar-refractivity contribution in [2.45, 2.75) is 26.3 Å². The van der Waals surface area contributed by atoms with Gasteiger partial charge >= 0.3 is 0 Å². The molecular formula is C21H19N5O3. The Hall–Kier alpha value is -3.81. The number of amides is 2. The molecule has 1 aliphatic heterocycles. The number of hydrogen-bond donors (Lipinski definition) is 2. The van der Waals surface area contributed by atoms with Crippen LogP contribution in [0.1, 0.15) is 35.3 Å². The van der Waals surface area contributed by atoms with Crippen LogP contribution in [0.5, 0.6) is 0 Å². The number of aromatic nitrogens is 3. The summed E-state index contributed by atoms with van der Waals surface area (Å²) in [5.41, 5.74) is 3.08. The van der Waals surface area contributed by atoms with Crippen molar-refractivity contribution in [2.75, 3.05) is 10.6 Å². The van der Waals surface area contributed by atoms with E-state index in [0.717, 1.165) is 11.1 Å². The van der Waals surface area contributed by atoms with Crippen LogP contribution in [0.2, 0.25) is 0 Å². The van der Waals surface area contributed by atoms with Gasteiger partial charge in [-0.3, -0.25) is 19.7 Å². The van der Waals surface area contributed by atoms with E-state index in [1.807, 2.05) is 31.2 Å². The minimum atomic E-state index is -0.770. The first kappa shape index (κ1) is 18.5. The molecule has 0 bridgehead atoms. The van der Waals surface area contributed by atoms with Crippen LogP contribution >= 0.6 is 0 Å². The molecule has 0 unspecified atom stereocenters. The number of fused-ring (bicyclic) bond motifs is 1. The fraction of sp³-hybridized carbons (Fsp3) is 0.190. The van der Waals surface area contributed by atoms with Crippen molar-refractivity contribution >= 4 is 29.2 Å². The van der Waals surface area contributed by atoms with E-state index in [9.17, 15) is 14.4 Å². The number of hydrogen-bond acceptors (Lipinski definition) is 5. The maximum Gasteiger partial charge on any atom is 0.252 e. The van der Waals surface area contributed by atoms with Gasteiger partial charge in [0.05, 0.1) is 6.42 Å². The number of benzene rings is 2. The van der Waals surface area contributed by atoms with Gasteiger partial charge in [-0.15, -0.1) is 5.10 Å². The van der Waals surface area contributed by atoms with Gasteiger partial charge in [-0.2, -0.15) is 4.98 Å². The van der Waals surface area contributed by atoms with Crippen molar-refractivity contribution in [3.05, 3.63) is 59.7 Å². The first-order valence-electron chi connectivity index (χ1n) is 9.16. The lowest BCUT2D eigenvalue weighted by Gasteiger charge is -2.10. The number of Topliss-reactive ketones (excluding diaryl/α,β-unsaturated/α-hetero) is 1. The monoisotopic (exact) mass is 389 g/mol. The largest absolute Gasteiger partial charge is 0.326 e. The van der Waals surface area contributed by atoms with Gasteiger partial charge in [-0.05, 0) is 38.1 Å². The van der Waals surface area contributed by atoms with Gasteiger partial charge in [0.2, 0.25) is 11.9 Å². The van der Waals surface area contributed by atoms with Crippen molar-refractivity contribution in [2.24, 2.45) is 0 Å². The summed E-state index contributed by atoms with van der Waals surface area (Å²) in [5.74, 6) is 0.117. The molecule has 0 aliphatic carbocycles. The summed E-state index contributed by atoms with van der Waals surface area (Å²) in [7, 11) is 0. The number of anilines is 2. The zero-order chi connectivity index (χ0) is 20.5. The van der Waals surface area contributed by atoms with E-state index in [0.29, 0.717) is 23.0 Å². The molecule has 1 atom stereocenters. The quantitative estimate of drug-likeness (QED) is 0.653. The second-order valence-electron chi connectivity index (χ2n) is 6.96. The smallest absolute Gasteiger partial charge is 0.252 e. The van der Waals surface area contributed by atoms with Crippen LogP contribution < -0.4 is 10.6 Å². The number of carbonyl (C=O) groups is 3. The summed E-state index contributed by atoms with van der Waals surface area (Å²) in [6.07, 6.45) is -0.0794. The van der Waals surface area contributed by atoms with Gasteiger partial charge in [0.1, 0.15) is 6.04 Å². The van der Waals surface area contributed by atoms with Gasteiger partial charge in [0.25, 0.3) is 5.91 Å². The van der Waals surface area contributed by atoms with Crippen LogP contribution in [0.3, 0.4) is 0 Å². The topological polar surface area (TPSA) is 106 Å². The number of rotatable bonds is 5. The summed E-state index contributed by atoms with van der Waals surface area (Å²) in [4.78, 5) is 40.4. The molecule has 2 heterocycles. The molecule has 3 aromatic rings. The Morgan fingerprint density at radius 1 is 1.10 bits per heavy atom. The van der Waals surface area contributed by atoms with Crippen LogP contribution in [0.25, 0.3) is 11.4 Å². The number of nitrogens with one attached hydrogen (secondary N) is 2. The molecule has 1 aromatic heterocycles. The van der Waals surface area contributed by atoms with Crippen LogP contribution in [0.4, 0.5) is 11.6 Å². The van der Waals surface area contributed by atoms with E-state index in [4.69, 9.17) is 0 Å². The molecule has 8 nitrogen and oxygen atoms in total. The van der Waals surface area contributed by atoms with Gasteiger partial charge in [0, 0.05) is 16.8 Å². The van der Waals surface area contributed by atoms with Gasteiger partial charge < -0.3 is 5.32 Å².